The first-order valence-corrected chi connectivity index (χ1v) is 7.62. The highest BCUT2D eigenvalue weighted by molar-refractivity contribution is 14.1. The molecule has 86 valence electrons. The van der Waals surface area contributed by atoms with Gasteiger partial charge in [0.2, 0.25) is 0 Å². The van der Waals surface area contributed by atoms with E-state index in [1.807, 2.05) is 0 Å². The van der Waals surface area contributed by atoms with Gasteiger partial charge >= 0.3 is 0 Å². The highest BCUT2D eigenvalue weighted by Crippen LogP contribution is 2.60. The zero-order valence-electron chi connectivity index (χ0n) is 10.2. The summed E-state index contributed by atoms with van der Waals surface area (Å²) in [5.74, 6) is 3.20. The Hall–Kier alpha value is 0.690. The summed E-state index contributed by atoms with van der Waals surface area (Å²) in [5, 5.41) is 0. The molecule has 4 aliphatic rings. The van der Waals surface area contributed by atoms with E-state index >= 15 is 0 Å². The molecule has 0 amide bonds. The van der Waals surface area contributed by atoms with Crippen molar-refractivity contribution in [3.8, 4) is 0 Å². The van der Waals surface area contributed by atoms with E-state index < -0.39 is 0 Å². The molecule has 2 heteroatoms. The molecule has 4 rings (SSSR count). The molecule has 3 unspecified atom stereocenters. The second-order valence-corrected chi connectivity index (χ2v) is 8.47. The van der Waals surface area contributed by atoms with Crippen LogP contribution in [0, 0.1) is 17.8 Å². The molecule has 4 aliphatic carbocycles. The third-order valence-corrected chi connectivity index (χ3v) is 7.66. The van der Waals surface area contributed by atoms with Gasteiger partial charge < -0.3 is 4.48 Å². The fourth-order valence-corrected chi connectivity index (χ4v) is 6.78. The Labute approximate surface area is 107 Å². The lowest BCUT2D eigenvalue weighted by molar-refractivity contribution is -0.928. The largest absolute Gasteiger partial charge is 0.325 e. The van der Waals surface area contributed by atoms with Gasteiger partial charge in [-0.15, -0.1) is 0 Å². The molecule has 1 nitrogen and oxygen atoms in total. The minimum atomic E-state index is 0.620. The monoisotopic (exact) mass is 320 g/mol. The highest BCUT2D eigenvalue weighted by Gasteiger charge is 2.62. The van der Waals surface area contributed by atoms with E-state index in [9.17, 15) is 0 Å². The van der Waals surface area contributed by atoms with Crippen LogP contribution >= 0.6 is 22.6 Å². The zero-order chi connectivity index (χ0) is 10.8. The van der Waals surface area contributed by atoms with Crippen LogP contribution in [0.15, 0.2) is 0 Å². The average molecular weight is 320 g/mol. The van der Waals surface area contributed by atoms with Crippen molar-refractivity contribution in [1.82, 2.24) is 0 Å². The van der Waals surface area contributed by atoms with E-state index in [1.165, 1.54) is 17.3 Å². The Kier molecular flexibility index (Phi) is 2.25. The zero-order valence-corrected chi connectivity index (χ0v) is 12.3. The third-order valence-electron chi connectivity index (χ3n) is 5.49. The van der Waals surface area contributed by atoms with Gasteiger partial charge in [-0.2, -0.15) is 0 Å². The number of alkyl halides is 1. The molecule has 15 heavy (non-hydrogen) atoms. The lowest BCUT2D eigenvalue weighted by Crippen LogP contribution is -2.70. The smallest absolute Gasteiger partial charge is 0.111 e. The third kappa shape index (κ3) is 1.36. The van der Waals surface area contributed by atoms with Crippen LogP contribution in [0.3, 0.4) is 0 Å². The van der Waals surface area contributed by atoms with Crippen molar-refractivity contribution in [1.29, 1.82) is 0 Å². The Morgan fingerprint density at radius 2 is 1.53 bits per heavy atom. The predicted octanol–water partition coefficient (Wildman–Crippen LogP) is 3.07. The number of hydrogen-bond acceptors (Lipinski definition) is 0. The van der Waals surface area contributed by atoms with Gasteiger partial charge in [0.1, 0.15) is 5.54 Å². The summed E-state index contributed by atoms with van der Waals surface area (Å²) >= 11 is 2.79. The normalized spacial score (nSPS) is 53.6. The Balaban J connectivity index is 2.01. The molecule has 4 saturated carbocycles. The first-order valence-electron chi connectivity index (χ1n) is 6.38. The maximum Gasteiger partial charge on any atom is 0.111 e. The summed E-state index contributed by atoms with van der Waals surface area (Å²) in [6.45, 7) is 0. The van der Waals surface area contributed by atoms with Crippen LogP contribution in [-0.4, -0.2) is 35.1 Å². The first kappa shape index (κ1) is 10.8. The molecule has 4 bridgehead atoms. The molecule has 0 aromatic heterocycles. The molecule has 0 aromatic rings. The van der Waals surface area contributed by atoms with Crippen LogP contribution in [-0.2, 0) is 0 Å². The van der Waals surface area contributed by atoms with Gasteiger partial charge in [0, 0.05) is 12.8 Å². The fraction of sp³-hybridized carbons (Fsp3) is 1.00. The number of quaternary nitrogens is 1. The minimum Gasteiger partial charge on any atom is -0.325 e. The van der Waals surface area contributed by atoms with Crippen molar-refractivity contribution >= 4 is 22.6 Å². The van der Waals surface area contributed by atoms with Crippen LogP contribution in [0.1, 0.15) is 32.1 Å². The second-order valence-electron chi connectivity index (χ2n) is 7.13. The number of hydrogen-bond donors (Lipinski definition) is 0. The van der Waals surface area contributed by atoms with Gasteiger partial charge in [-0.05, 0) is 37.0 Å². The molecular weight excluding hydrogens is 297 g/mol. The topological polar surface area (TPSA) is 0 Å². The van der Waals surface area contributed by atoms with E-state index in [2.05, 4.69) is 43.7 Å². The van der Waals surface area contributed by atoms with Crippen molar-refractivity contribution in [2.24, 2.45) is 17.8 Å². The Bertz CT molecular complexity index is 267. The maximum atomic E-state index is 2.79. The molecule has 4 fully saturated rings. The lowest BCUT2D eigenvalue weighted by atomic mass is 9.52. The number of halogens is 1. The van der Waals surface area contributed by atoms with Crippen molar-refractivity contribution in [2.75, 3.05) is 21.1 Å². The molecule has 0 N–H and O–H groups in total. The van der Waals surface area contributed by atoms with E-state index in [0.29, 0.717) is 5.54 Å². The van der Waals surface area contributed by atoms with Gasteiger partial charge in [0.15, 0.2) is 0 Å². The summed E-state index contributed by atoms with van der Waals surface area (Å²) in [4.78, 5) is 0. The van der Waals surface area contributed by atoms with Gasteiger partial charge in [-0.1, -0.05) is 22.6 Å². The van der Waals surface area contributed by atoms with Crippen LogP contribution in [0.25, 0.3) is 0 Å². The van der Waals surface area contributed by atoms with Crippen molar-refractivity contribution in [3.63, 3.8) is 0 Å². The first-order chi connectivity index (χ1) is 6.92. The number of rotatable bonds is 1. The molecule has 0 aliphatic heterocycles. The van der Waals surface area contributed by atoms with Crippen LogP contribution in [0.5, 0.6) is 0 Å². The van der Waals surface area contributed by atoms with Crippen molar-refractivity contribution in [3.05, 3.63) is 0 Å². The summed E-state index contributed by atoms with van der Waals surface area (Å²) in [7, 11) is 7.29. The average Bonchev–Trinajstić information content (AvgIpc) is 2.10. The van der Waals surface area contributed by atoms with Gasteiger partial charge in [0.05, 0.1) is 25.1 Å². The van der Waals surface area contributed by atoms with Gasteiger partial charge in [-0.3, -0.25) is 0 Å². The van der Waals surface area contributed by atoms with Crippen LogP contribution < -0.4 is 0 Å². The summed E-state index contributed by atoms with van der Waals surface area (Å²) in [6.07, 6.45) is 7.67. The molecule has 0 heterocycles. The SMILES string of the molecule is C[N+](C)(C)C12CC3CC(CC(C3)C1I)C2. The molecule has 0 radical (unpaired) electrons. The van der Waals surface area contributed by atoms with E-state index in [4.69, 9.17) is 0 Å². The molecule has 3 atom stereocenters. The van der Waals surface area contributed by atoms with E-state index in [0.717, 1.165) is 21.7 Å². The van der Waals surface area contributed by atoms with Gasteiger partial charge in [0.25, 0.3) is 0 Å². The molecular formula is C13H23IN+. The quantitative estimate of drug-likeness (QED) is 0.396. The molecule has 0 spiro atoms. The molecule has 0 saturated heterocycles. The summed E-state index contributed by atoms with van der Waals surface area (Å²) in [5.41, 5.74) is 0.620. The van der Waals surface area contributed by atoms with Gasteiger partial charge in [-0.25, -0.2) is 0 Å². The van der Waals surface area contributed by atoms with Crippen molar-refractivity contribution < 1.29 is 4.48 Å². The highest BCUT2D eigenvalue weighted by atomic mass is 127. The lowest BCUT2D eigenvalue weighted by Gasteiger charge is -2.63. The minimum absolute atomic E-state index is 0.620. The summed E-state index contributed by atoms with van der Waals surface area (Å²) < 4.78 is 2.13. The van der Waals surface area contributed by atoms with Crippen molar-refractivity contribution in [2.45, 2.75) is 41.6 Å². The van der Waals surface area contributed by atoms with Crippen LogP contribution in [0.4, 0.5) is 0 Å². The standard InChI is InChI=1S/C13H23IN/c1-15(2,3)13-7-9-4-10(8-13)6-11(5-9)12(13)14/h9-12H,4-8H2,1-3H3/q+1. The second kappa shape index (κ2) is 3.12. The fourth-order valence-electron chi connectivity index (χ4n) is 4.85. The number of nitrogens with zero attached hydrogens (tertiary/aromatic N) is 1. The van der Waals surface area contributed by atoms with Crippen LogP contribution in [0.2, 0.25) is 0 Å². The predicted molar refractivity (Wildman–Crippen MR) is 72.1 cm³/mol. The molecule has 0 aromatic carbocycles. The Morgan fingerprint density at radius 3 is 2.00 bits per heavy atom. The van der Waals surface area contributed by atoms with E-state index in [-0.39, 0.29) is 0 Å². The van der Waals surface area contributed by atoms with E-state index in [1.54, 1.807) is 19.3 Å². The summed E-state index contributed by atoms with van der Waals surface area (Å²) in [6, 6.07) is 0. The maximum absolute atomic E-state index is 2.79. The Morgan fingerprint density at radius 1 is 1.00 bits per heavy atom.